The molecular formula is C10H15NO. The van der Waals surface area contributed by atoms with E-state index in [1.165, 1.54) is 5.56 Å². The molecule has 66 valence electrons. The van der Waals surface area contributed by atoms with Crippen LogP contribution in [0, 0.1) is 0 Å². The minimum Gasteiger partial charge on any atom is -0.392 e. The Balaban J connectivity index is 3.02. The van der Waals surface area contributed by atoms with E-state index in [-0.39, 0.29) is 6.61 Å². The fourth-order valence-corrected chi connectivity index (χ4v) is 1.26. The second kappa shape index (κ2) is 4.12. The molecule has 0 radical (unpaired) electrons. The van der Waals surface area contributed by atoms with E-state index in [4.69, 9.17) is 5.11 Å². The van der Waals surface area contributed by atoms with Gasteiger partial charge in [0.1, 0.15) is 0 Å². The van der Waals surface area contributed by atoms with Crippen molar-refractivity contribution in [3.8, 4) is 0 Å². The van der Waals surface area contributed by atoms with Crippen molar-refractivity contribution in [1.29, 1.82) is 0 Å². The Morgan fingerprint density at radius 3 is 2.58 bits per heavy atom. The summed E-state index contributed by atoms with van der Waals surface area (Å²) in [6.07, 6.45) is 0.964. The maximum absolute atomic E-state index is 8.99. The molecule has 0 saturated heterocycles. The van der Waals surface area contributed by atoms with Gasteiger partial charge in [-0.1, -0.05) is 13.0 Å². The zero-order valence-corrected chi connectivity index (χ0v) is 7.59. The third kappa shape index (κ3) is 1.77. The number of aryl methyl sites for hydroxylation is 1. The third-order valence-corrected chi connectivity index (χ3v) is 2.05. The van der Waals surface area contributed by atoms with E-state index < -0.39 is 0 Å². The van der Waals surface area contributed by atoms with Crippen molar-refractivity contribution < 1.29 is 5.11 Å². The normalized spacial score (nSPS) is 9.92. The second-order valence-electron chi connectivity index (χ2n) is 2.75. The van der Waals surface area contributed by atoms with E-state index in [2.05, 4.69) is 18.3 Å². The molecule has 0 spiro atoms. The topological polar surface area (TPSA) is 32.3 Å². The first kappa shape index (κ1) is 9.07. The predicted molar refractivity (Wildman–Crippen MR) is 51.3 cm³/mol. The van der Waals surface area contributed by atoms with Crippen molar-refractivity contribution >= 4 is 5.69 Å². The first-order valence-corrected chi connectivity index (χ1v) is 4.22. The van der Waals surface area contributed by atoms with Gasteiger partial charge in [-0.3, -0.25) is 0 Å². The van der Waals surface area contributed by atoms with Crippen LogP contribution >= 0.6 is 0 Å². The van der Waals surface area contributed by atoms with E-state index in [1.807, 2.05) is 19.2 Å². The number of aliphatic hydroxyl groups excluding tert-OH is 1. The molecule has 0 aliphatic carbocycles. The smallest absolute Gasteiger partial charge is 0.0684 e. The van der Waals surface area contributed by atoms with Gasteiger partial charge in [-0.2, -0.15) is 0 Å². The van der Waals surface area contributed by atoms with Crippen LogP contribution in [-0.4, -0.2) is 12.2 Å². The maximum atomic E-state index is 8.99. The highest BCUT2D eigenvalue weighted by molar-refractivity contribution is 5.48. The average Bonchev–Trinajstić information content (AvgIpc) is 2.16. The van der Waals surface area contributed by atoms with Crippen molar-refractivity contribution in [1.82, 2.24) is 0 Å². The highest BCUT2D eigenvalue weighted by Crippen LogP contribution is 2.15. The van der Waals surface area contributed by atoms with Crippen LogP contribution in [0.15, 0.2) is 18.2 Å². The van der Waals surface area contributed by atoms with E-state index in [1.54, 1.807) is 0 Å². The summed E-state index contributed by atoms with van der Waals surface area (Å²) in [4.78, 5) is 0. The van der Waals surface area contributed by atoms with Gasteiger partial charge in [0.15, 0.2) is 0 Å². The average molecular weight is 165 g/mol. The van der Waals surface area contributed by atoms with Crippen LogP contribution in [0.4, 0.5) is 5.69 Å². The zero-order valence-electron chi connectivity index (χ0n) is 7.59. The van der Waals surface area contributed by atoms with Crippen LogP contribution in [0.1, 0.15) is 18.1 Å². The number of benzene rings is 1. The molecular weight excluding hydrogens is 150 g/mol. The number of aliphatic hydroxyl groups is 1. The van der Waals surface area contributed by atoms with Gasteiger partial charge in [0.25, 0.3) is 0 Å². The van der Waals surface area contributed by atoms with Gasteiger partial charge in [0.05, 0.1) is 6.61 Å². The zero-order chi connectivity index (χ0) is 8.97. The van der Waals surface area contributed by atoms with Crippen molar-refractivity contribution in [2.45, 2.75) is 20.0 Å². The van der Waals surface area contributed by atoms with Crippen LogP contribution in [0.25, 0.3) is 0 Å². The molecule has 0 aliphatic rings. The molecule has 0 aliphatic heterocycles. The molecule has 1 aromatic carbocycles. The summed E-state index contributed by atoms with van der Waals surface area (Å²) in [5.74, 6) is 0. The van der Waals surface area contributed by atoms with Crippen molar-refractivity contribution in [2.75, 3.05) is 12.4 Å². The summed E-state index contributed by atoms with van der Waals surface area (Å²) >= 11 is 0. The van der Waals surface area contributed by atoms with Gasteiger partial charge in [0, 0.05) is 12.7 Å². The molecule has 0 atom stereocenters. The Kier molecular flexibility index (Phi) is 3.11. The molecule has 0 bridgehead atoms. The van der Waals surface area contributed by atoms with E-state index >= 15 is 0 Å². The molecule has 1 rings (SSSR count). The molecule has 0 unspecified atom stereocenters. The summed E-state index contributed by atoms with van der Waals surface area (Å²) in [5.41, 5.74) is 3.34. The predicted octanol–water partition coefficient (Wildman–Crippen LogP) is 1.78. The van der Waals surface area contributed by atoms with Crippen LogP contribution in [-0.2, 0) is 13.0 Å². The first-order chi connectivity index (χ1) is 5.81. The summed E-state index contributed by atoms with van der Waals surface area (Å²) in [6, 6.07) is 6.01. The van der Waals surface area contributed by atoms with Gasteiger partial charge in [-0.05, 0) is 29.7 Å². The quantitative estimate of drug-likeness (QED) is 0.715. The molecule has 1 aromatic rings. The van der Waals surface area contributed by atoms with Gasteiger partial charge in [-0.25, -0.2) is 0 Å². The van der Waals surface area contributed by atoms with Gasteiger partial charge < -0.3 is 10.4 Å². The lowest BCUT2D eigenvalue weighted by atomic mass is 10.1. The summed E-state index contributed by atoms with van der Waals surface area (Å²) in [7, 11) is 1.90. The number of hydrogen-bond acceptors (Lipinski definition) is 2. The Labute approximate surface area is 73.2 Å². The largest absolute Gasteiger partial charge is 0.392 e. The lowest BCUT2D eigenvalue weighted by molar-refractivity contribution is 0.280. The van der Waals surface area contributed by atoms with Gasteiger partial charge in [0.2, 0.25) is 0 Å². The Hall–Kier alpha value is -1.02. The van der Waals surface area contributed by atoms with Crippen LogP contribution in [0.2, 0.25) is 0 Å². The number of nitrogens with one attached hydrogen (secondary N) is 1. The second-order valence-corrected chi connectivity index (χ2v) is 2.75. The van der Waals surface area contributed by atoms with E-state index in [0.29, 0.717) is 0 Å². The van der Waals surface area contributed by atoms with Crippen molar-refractivity contribution in [3.05, 3.63) is 29.3 Å². The van der Waals surface area contributed by atoms with E-state index in [0.717, 1.165) is 17.7 Å². The summed E-state index contributed by atoms with van der Waals surface area (Å²) in [6.45, 7) is 2.22. The number of hydrogen-bond donors (Lipinski definition) is 2. The lowest BCUT2D eigenvalue weighted by Crippen LogP contribution is -1.95. The maximum Gasteiger partial charge on any atom is 0.0684 e. The lowest BCUT2D eigenvalue weighted by Gasteiger charge is -2.07. The Bertz CT molecular complexity index is 258. The van der Waals surface area contributed by atoms with Gasteiger partial charge in [-0.15, -0.1) is 0 Å². The fourth-order valence-electron chi connectivity index (χ4n) is 1.26. The molecule has 0 aromatic heterocycles. The number of rotatable bonds is 3. The Morgan fingerprint density at radius 2 is 2.08 bits per heavy atom. The molecule has 2 N–H and O–H groups in total. The third-order valence-electron chi connectivity index (χ3n) is 2.05. The Morgan fingerprint density at radius 1 is 1.33 bits per heavy atom. The van der Waals surface area contributed by atoms with Crippen molar-refractivity contribution in [3.63, 3.8) is 0 Å². The SMILES string of the molecule is CCc1cc(NC)ccc1CO. The molecule has 0 amide bonds. The standard InChI is InChI=1S/C10H15NO/c1-3-8-6-10(11-2)5-4-9(8)7-12/h4-6,11-12H,3,7H2,1-2H3. The summed E-state index contributed by atoms with van der Waals surface area (Å²) < 4.78 is 0. The van der Waals surface area contributed by atoms with Crippen LogP contribution in [0.5, 0.6) is 0 Å². The fraction of sp³-hybridized carbons (Fsp3) is 0.400. The monoisotopic (exact) mass is 165 g/mol. The molecule has 0 fully saturated rings. The van der Waals surface area contributed by atoms with Crippen molar-refractivity contribution in [2.24, 2.45) is 0 Å². The molecule has 0 heterocycles. The van der Waals surface area contributed by atoms with Crippen LogP contribution < -0.4 is 5.32 Å². The number of anilines is 1. The molecule has 2 nitrogen and oxygen atoms in total. The van der Waals surface area contributed by atoms with E-state index in [9.17, 15) is 0 Å². The minimum atomic E-state index is 0.132. The highest BCUT2D eigenvalue weighted by atomic mass is 16.3. The van der Waals surface area contributed by atoms with Crippen LogP contribution in [0.3, 0.4) is 0 Å². The molecule has 0 saturated carbocycles. The molecule has 2 heteroatoms. The molecule has 12 heavy (non-hydrogen) atoms. The summed E-state index contributed by atoms with van der Waals surface area (Å²) in [5, 5.41) is 12.1. The minimum absolute atomic E-state index is 0.132. The highest BCUT2D eigenvalue weighted by Gasteiger charge is 1.99. The van der Waals surface area contributed by atoms with Gasteiger partial charge >= 0.3 is 0 Å². The first-order valence-electron chi connectivity index (χ1n) is 4.22.